The van der Waals surface area contributed by atoms with Crippen molar-refractivity contribution in [2.75, 3.05) is 6.61 Å². The second-order valence-corrected chi connectivity index (χ2v) is 8.55. The number of carbonyl (C=O) groups excluding carboxylic acids is 3. The first-order valence-corrected chi connectivity index (χ1v) is 10.7. The lowest BCUT2D eigenvalue weighted by Crippen LogP contribution is -2.34. The first-order chi connectivity index (χ1) is 17.0. The van der Waals surface area contributed by atoms with Crippen LogP contribution < -0.4 is 10.2 Å². The summed E-state index contributed by atoms with van der Waals surface area (Å²) in [7, 11) is 0. The average molecular weight is 490 g/mol. The third-order valence-corrected chi connectivity index (χ3v) is 6.32. The fourth-order valence-electron chi connectivity index (χ4n) is 4.48. The summed E-state index contributed by atoms with van der Waals surface area (Å²) in [5.41, 5.74) is -0.866. The molecule has 3 aromatic carbocycles. The molecule has 4 N–H and O–H groups in total. The molecule has 1 atom stereocenters. The summed E-state index contributed by atoms with van der Waals surface area (Å²) in [6.07, 6.45) is 0. The lowest BCUT2D eigenvalue weighted by atomic mass is 9.84. The van der Waals surface area contributed by atoms with Gasteiger partial charge in [-0.1, -0.05) is 0 Å². The number of phenolic OH excluding ortho intramolecular Hbond substituents is 4. The van der Waals surface area contributed by atoms with Crippen molar-refractivity contribution in [3.63, 3.8) is 0 Å². The normalized spacial score (nSPS) is 15.1. The van der Waals surface area contributed by atoms with E-state index in [0.29, 0.717) is 0 Å². The standard InChI is InChI=1S/C26H18O10/c1-9-11(23(32)15-8-35-20-6-18(30)16(28)4-12(20)25(15)34)3-14-24(33)13-5-17(29)19(31)7-21(13)36-26(14)22(9)10(2)27/h3-7,15,28-31H,8H2,1-2H3. The monoisotopic (exact) mass is 490 g/mol. The molecule has 0 bridgehead atoms. The first-order valence-electron chi connectivity index (χ1n) is 10.7. The van der Waals surface area contributed by atoms with Crippen LogP contribution in [0.1, 0.15) is 43.6 Å². The van der Waals surface area contributed by atoms with Crippen LogP contribution in [-0.4, -0.2) is 44.4 Å². The number of ketones is 3. The van der Waals surface area contributed by atoms with E-state index in [2.05, 4.69) is 0 Å². The largest absolute Gasteiger partial charge is 0.504 e. The van der Waals surface area contributed by atoms with Crippen molar-refractivity contribution in [3.8, 4) is 28.7 Å². The van der Waals surface area contributed by atoms with Crippen LogP contribution in [0.5, 0.6) is 28.7 Å². The molecule has 0 radical (unpaired) electrons. The van der Waals surface area contributed by atoms with Crippen LogP contribution in [0.15, 0.2) is 39.5 Å². The quantitative estimate of drug-likeness (QED) is 0.144. The van der Waals surface area contributed by atoms with Crippen LogP contribution in [0.2, 0.25) is 0 Å². The van der Waals surface area contributed by atoms with Crippen LogP contribution in [0.3, 0.4) is 0 Å². The average Bonchev–Trinajstić information content (AvgIpc) is 2.81. The van der Waals surface area contributed by atoms with Gasteiger partial charge >= 0.3 is 0 Å². The zero-order valence-corrected chi connectivity index (χ0v) is 18.9. The van der Waals surface area contributed by atoms with Gasteiger partial charge in [0.1, 0.15) is 29.4 Å². The van der Waals surface area contributed by atoms with E-state index in [9.17, 15) is 39.6 Å². The zero-order chi connectivity index (χ0) is 26.0. The maximum atomic E-state index is 13.6. The minimum Gasteiger partial charge on any atom is -0.504 e. The predicted octanol–water partition coefficient (Wildman–Crippen LogP) is 3.35. The summed E-state index contributed by atoms with van der Waals surface area (Å²) >= 11 is 0. The molecular weight excluding hydrogens is 472 g/mol. The highest BCUT2D eigenvalue weighted by Crippen LogP contribution is 2.38. The second kappa shape index (κ2) is 7.84. The van der Waals surface area contributed by atoms with Crippen LogP contribution in [-0.2, 0) is 0 Å². The van der Waals surface area contributed by atoms with Gasteiger partial charge in [-0.3, -0.25) is 19.2 Å². The number of ether oxygens (including phenoxy) is 1. The molecule has 1 aliphatic heterocycles. The Balaban J connectivity index is 1.72. The number of phenols is 4. The number of Topliss-reactive ketones (excluding diaryl/α,β-unsaturated/α-hetero) is 3. The summed E-state index contributed by atoms with van der Waals surface area (Å²) in [5.74, 6) is -5.33. The Kier molecular flexibility index (Phi) is 4.99. The van der Waals surface area contributed by atoms with Crippen molar-refractivity contribution in [1.82, 2.24) is 0 Å². The second-order valence-electron chi connectivity index (χ2n) is 8.55. The number of hydrogen-bond acceptors (Lipinski definition) is 10. The van der Waals surface area contributed by atoms with Crippen LogP contribution in [0.25, 0.3) is 21.9 Å². The van der Waals surface area contributed by atoms with E-state index in [1.807, 2.05) is 0 Å². The molecule has 1 aromatic heterocycles. The predicted molar refractivity (Wildman–Crippen MR) is 125 cm³/mol. The third-order valence-electron chi connectivity index (χ3n) is 6.32. The van der Waals surface area contributed by atoms with Gasteiger partial charge < -0.3 is 29.6 Å². The highest BCUT2D eigenvalue weighted by molar-refractivity contribution is 6.20. The Morgan fingerprint density at radius 2 is 1.53 bits per heavy atom. The van der Waals surface area contributed by atoms with Crippen LogP contribution in [0, 0.1) is 12.8 Å². The lowest BCUT2D eigenvalue weighted by molar-refractivity contribution is 0.0722. The van der Waals surface area contributed by atoms with E-state index in [4.69, 9.17) is 9.15 Å². The number of fused-ring (bicyclic) bond motifs is 3. The number of carbonyl (C=O) groups is 3. The Bertz CT molecular complexity index is 1730. The van der Waals surface area contributed by atoms with Gasteiger partial charge in [-0.15, -0.1) is 0 Å². The summed E-state index contributed by atoms with van der Waals surface area (Å²) in [6.45, 7) is 2.35. The molecule has 0 saturated carbocycles. The smallest absolute Gasteiger partial charge is 0.200 e. The fourth-order valence-corrected chi connectivity index (χ4v) is 4.48. The van der Waals surface area contributed by atoms with Gasteiger partial charge in [0.2, 0.25) is 5.43 Å². The summed E-state index contributed by atoms with van der Waals surface area (Å²) in [4.78, 5) is 52.5. The molecular formula is C26H18O10. The van der Waals surface area contributed by atoms with Gasteiger partial charge in [-0.25, -0.2) is 0 Å². The van der Waals surface area contributed by atoms with Gasteiger partial charge in [0.25, 0.3) is 0 Å². The molecule has 1 aliphatic rings. The molecule has 0 amide bonds. The maximum absolute atomic E-state index is 13.6. The van der Waals surface area contributed by atoms with Crippen molar-refractivity contribution in [2.24, 2.45) is 5.92 Å². The van der Waals surface area contributed by atoms with Crippen LogP contribution >= 0.6 is 0 Å². The molecule has 10 nitrogen and oxygen atoms in total. The third kappa shape index (κ3) is 3.26. The van der Waals surface area contributed by atoms with Gasteiger partial charge in [-0.2, -0.15) is 0 Å². The fraction of sp³-hybridized carbons (Fsp3) is 0.154. The molecule has 0 aliphatic carbocycles. The number of benzene rings is 3. The summed E-state index contributed by atoms with van der Waals surface area (Å²) in [5, 5.41) is 38.9. The van der Waals surface area contributed by atoms with E-state index in [1.54, 1.807) is 0 Å². The Labute approximate surface area is 201 Å². The van der Waals surface area contributed by atoms with Gasteiger partial charge in [-0.05, 0) is 37.6 Å². The molecule has 2 heterocycles. The minimum absolute atomic E-state index is 0.00850. The minimum atomic E-state index is -1.34. The van der Waals surface area contributed by atoms with E-state index in [1.165, 1.54) is 19.9 Å². The molecule has 182 valence electrons. The van der Waals surface area contributed by atoms with Crippen molar-refractivity contribution >= 4 is 39.3 Å². The van der Waals surface area contributed by atoms with Crippen LogP contribution in [0.4, 0.5) is 0 Å². The van der Waals surface area contributed by atoms with Gasteiger partial charge in [0.15, 0.2) is 40.3 Å². The number of aromatic hydroxyl groups is 4. The topological polar surface area (TPSA) is 172 Å². The molecule has 0 fully saturated rings. The SMILES string of the molecule is CC(=O)c1c(C)c(C(=O)C2COc3cc(O)c(O)cc3C2=O)cc2c(=O)c3cc(O)c(O)cc3oc12. The van der Waals surface area contributed by atoms with Crippen molar-refractivity contribution < 1.29 is 44.0 Å². The van der Waals surface area contributed by atoms with E-state index >= 15 is 0 Å². The molecule has 0 spiro atoms. The number of rotatable bonds is 3. The highest BCUT2D eigenvalue weighted by atomic mass is 16.5. The summed E-state index contributed by atoms with van der Waals surface area (Å²) in [6, 6.07) is 5.37. The lowest BCUT2D eigenvalue weighted by Gasteiger charge is -2.24. The number of hydrogen-bond donors (Lipinski definition) is 4. The zero-order valence-electron chi connectivity index (χ0n) is 18.9. The van der Waals surface area contributed by atoms with Crippen molar-refractivity contribution in [3.05, 3.63) is 62.8 Å². The van der Waals surface area contributed by atoms with E-state index in [0.717, 1.165) is 24.3 Å². The van der Waals surface area contributed by atoms with E-state index in [-0.39, 0.29) is 56.5 Å². The summed E-state index contributed by atoms with van der Waals surface area (Å²) < 4.78 is 11.2. The van der Waals surface area contributed by atoms with Gasteiger partial charge in [0, 0.05) is 17.7 Å². The first kappa shape index (κ1) is 22.9. The molecule has 4 aromatic rings. The molecule has 5 rings (SSSR count). The Morgan fingerprint density at radius 3 is 2.22 bits per heavy atom. The molecule has 36 heavy (non-hydrogen) atoms. The van der Waals surface area contributed by atoms with Gasteiger partial charge in [0.05, 0.1) is 21.9 Å². The maximum Gasteiger partial charge on any atom is 0.200 e. The molecule has 1 unspecified atom stereocenters. The van der Waals surface area contributed by atoms with E-state index < -0.39 is 51.7 Å². The van der Waals surface area contributed by atoms with Crippen molar-refractivity contribution in [1.29, 1.82) is 0 Å². The molecule has 10 heteroatoms. The highest BCUT2D eigenvalue weighted by Gasteiger charge is 2.37. The Hall–Kier alpha value is -4.86. The molecule has 0 saturated heterocycles. The Morgan fingerprint density at radius 1 is 0.889 bits per heavy atom. The van der Waals surface area contributed by atoms with Crippen molar-refractivity contribution in [2.45, 2.75) is 13.8 Å².